The molecule has 0 aliphatic carbocycles. The number of aromatic amines is 1. The molecule has 3 aromatic heterocycles. The van der Waals surface area contributed by atoms with Gasteiger partial charge in [0.1, 0.15) is 22.9 Å². The smallest absolute Gasteiger partial charge is 0.219 e. The van der Waals surface area contributed by atoms with Crippen molar-refractivity contribution in [1.29, 1.82) is 0 Å². The fourth-order valence-electron chi connectivity index (χ4n) is 2.52. The fraction of sp³-hybridized carbons (Fsp3) is 0. The predicted octanol–water partition coefficient (Wildman–Crippen LogP) is 4.68. The number of rotatable bonds is 4. The summed E-state index contributed by atoms with van der Waals surface area (Å²) < 4.78 is 5.62. The Morgan fingerprint density at radius 2 is 1.92 bits per heavy atom. The second kappa shape index (κ2) is 6.74. The fourth-order valence-corrected chi connectivity index (χ4v) is 3.01. The first kappa shape index (κ1) is 16.5. The van der Waals surface area contributed by atoms with Gasteiger partial charge in [0.2, 0.25) is 5.88 Å². The van der Waals surface area contributed by atoms with Crippen LogP contribution in [-0.2, 0) is 0 Å². The van der Waals surface area contributed by atoms with E-state index >= 15 is 0 Å². The van der Waals surface area contributed by atoms with E-state index in [2.05, 4.69) is 19.9 Å². The molecule has 6 nitrogen and oxygen atoms in total. The molecule has 1 aromatic carbocycles. The molecule has 128 valence electrons. The van der Waals surface area contributed by atoms with Gasteiger partial charge in [-0.1, -0.05) is 29.3 Å². The molecule has 0 fully saturated rings. The highest BCUT2D eigenvalue weighted by Crippen LogP contribution is 2.30. The summed E-state index contributed by atoms with van der Waals surface area (Å²) in [7, 11) is 0. The van der Waals surface area contributed by atoms with Crippen molar-refractivity contribution in [3.63, 3.8) is 0 Å². The highest BCUT2D eigenvalue weighted by molar-refractivity contribution is 6.38. The molecule has 0 aliphatic rings. The van der Waals surface area contributed by atoms with E-state index in [9.17, 15) is 4.79 Å². The number of benzene rings is 1. The van der Waals surface area contributed by atoms with Crippen LogP contribution in [0.5, 0.6) is 11.6 Å². The van der Waals surface area contributed by atoms with Crippen LogP contribution in [0.2, 0.25) is 10.2 Å². The summed E-state index contributed by atoms with van der Waals surface area (Å²) in [6.45, 7) is 0. The number of H-pyrrole nitrogens is 1. The molecule has 3 heterocycles. The zero-order valence-electron chi connectivity index (χ0n) is 13.1. The van der Waals surface area contributed by atoms with E-state index in [1.807, 2.05) is 6.07 Å². The minimum absolute atomic E-state index is 0.200. The normalized spacial score (nSPS) is 10.8. The van der Waals surface area contributed by atoms with Crippen molar-refractivity contribution >= 4 is 40.0 Å². The summed E-state index contributed by atoms with van der Waals surface area (Å²) in [5.41, 5.74) is 1.16. The van der Waals surface area contributed by atoms with Gasteiger partial charge in [-0.3, -0.25) is 4.79 Å². The lowest BCUT2D eigenvalue weighted by Crippen LogP contribution is -2.02. The maximum atomic E-state index is 12.9. The predicted molar refractivity (Wildman–Crippen MR) is 98.1 cm³/mol. The lowest BCUT2D eigenvalue weighted by Gasteiger charge is -2.07. The lowest BCUT2D eigenvalue weighted by molar-refractivity contribution is 0.104. The Bertz CT molecular complexity index is 1110. The molecule has 4 rings (SSSR count). The number of ether oxygens (including phenoxy) is 1. The minimum Gasteiger partial charge on any atom is -0.439 e. The number of pyridine rings is 1. The third-order valence-corrected chi connectivity index (χ3v) is 4.31. The summed E-state index contributed by atoms with van der Waals surface area (Å²) in [5.74, 6) is 0.621. The number of nitrogens with one attached hydrogen (secondary N) is 1. The van der Waals surface area contributed by atoms with Gasteiger partial charge in [-0.25, -0.2) is 15.0 Å². The number of carbonyl (C=O) groups excluding carboxylic acids is 1. The molecule has 0 spiro atoms. The number of carbonyl (C=O) groups is 1. The van der Waals surface area contributed by atoms with E-state index in [-0.39, 0.29) is 16.0 Å². The van der Waals surface area contributed by atoms with E-state index in [1.54, 1.807) is 42.7 Å². The van der Waals surface area contributed by atoms with E-state index in [0.717, 1.165) is 0 Å². The average Bonchev–Trinajstić information content (AvgIpc) is 3.08. The van der Waals surface area contributed by atoms with Crippen molar-refractivity contribution in [2.24, 2.45) is 0 Å². The summed E-state index contributed by atoms with van der Waals surface area (Å²) in [5, 5.41) is 0.917. The Labute approximate surface area is 157 Å². The topological polar surface area (TPSA) is 80.8 Å². The van der Waals surface area contributed by atoms with Gasteiger partial charge in [0.15, 0.2) is 5.78 Å². The highest BCUT2D eigenvalue weighted by atomic mass is 35.5. The van der Waals surface area contributed by atoms with Crippen molar-refractivity contribution in [1.82, 2.24) is 19.9 Å². The van der Waals surface area contributed by atoms with Gasteiger partial charge >= 0.3 is 0 Å². The number of halogens is 2. The molecular weight excluding hydrogens is 375 g/mol. The quantitative estimate of drug-likeness (QED) is 0.407. The Hall–Kier alpha value is -2.96. The van der Waals surface area contributed by atoms with Crippen LogP contribution < -0.4 is 4.74 Å². The summed E-state index contributed by atoms with van der Waals surface area (Å²) in [4.78, 5) is 27.9. The van der Waals surface area contributed by atoms with Crippen LogP contribution in [0, 0.1) is 0 Å². The van der Waals surface area contributed by atoms with Gasteiger partial charge in [0.05, 0.1) is 16.0 Å². The van der Waals surface area contributed by atoms with Crippen LogP contribution in [0.4, 0.5) is 0 Å². The molecule has 0 saturated carbocycles. The number of aromatic nitrogens is 4. The maximum Gasteiger partial charge on any atom is 0.219 e. The molecule has 0 radical (unpaired) electrons. The minimum atomic E-state index is -0.290. The largest absolute Gasteiger partial charge is 0.439 e. The van der Waals surface area contributed by atoms with Crippen LogP contribution in [-0.4, -0.2) is 25.7 Å². The first-order valence-corrected chi connectivity index (χ1v) is 8.30. The van der Waals surface area contributed by atoms with Gasteiger partial charge in [0, 0.05) is 30.1 Å². The SMILES string of the molecule is O=C(c1ccc(Oc2ccccn2)cc1Cl)c1c[nH]c2ncnc(Cl)c12. The molecule has 0 atom stereocenters. The Balaban J connectivity index is 1.68. The molecule has 0 aliphatic heterocycles. The molecule has 0 unspecified atom stereocenters. The standard InChI is InChI=1S/C18H10Cl2N4O2/c19-13-7-10(26-14-3-1-2-6-21-14)4-5-11(13)16(25)12-8-22-18-15(12)17(20)23-9-24-18/h1-9H,(H,22,23,24). The van der Waals surface area contributed by atoms with Crippen molar-refractivity contribution in [3.05, 3.63) is 76.4 Å². The van der Waals surface area contributed by atoms with E-state index in [0.29, 0.717) is 33.8 Å². The summed E-state index contributed by atoms with van der Waals surface area (Å²) in [6.07, 6.45) is 4.49. The van der Waals surface area contributed by atoms with Gasteiger partial charge in [0.25, 0.3) is 0 Å². The second-order valence-electron chi connectivity index (χ2n) is 5.33. The highest BCUT2D eigenvalue weighted by Gasteiger charge is 2.20. The van der Waals surface area contributed by atoms with E-state index in [4.69, 9.17) is 27.9 Å². The number of hydrogen-bond donors (Lipinski definition) is 1. The maximum absolute atomic E-state index is 12.9. The number of fused-ring (bicyclic) bond motifs is 1. The van der Waals surface area contributed by atoms with Gasteiger partial charge in [-0.15, -0.1) is 0 Å². The molecule has 1 N–H and O–H groups in total. The second-order valence-corrected chi connectivity index (χ2v) is 6.10. The van der Waals surface area contributed by atoms with Gasteiger partial charge < -0.3 is 9.72 Å². The van der Waals surface area contributed by atoms with Crippen LogP contribution in [0.25, 0.3) is 11.0 Å². The van der Waals surface area contributed by atoms with Gasteiger partial charge in [-0.05, 0) is 18.2 Å². The lowest BCUT2D eigenvalue weighted by atomic mass is 10.0. The zero-order valence-corrected chi connectivity index (χ0v) is 14.6. The third kappa shape index (κ3) is 3.00. The Kier molecular flexibility index (Phi) is 4.28. The molecule has 26 heavy (non-hydrogen) atoms. The summed E-state index contributed by atoms with van der Waals surface area (Å²) >= 11 is 12.4. The number of ketones is 1. The first-order valence-electron chi connectivity index (χ1n) is 7.54. The Morgan fingerprint density at radius 3 is 2.69 bits per heavy atom. The molecule has 8 heteroatoms. The molecule has 0 bridgehead atoms. The van der Waals surface area contributed by atoms with E-state index in [1.165, 1.54) is 6.33 Å². The third-order valence-electron chi connectivity index (χ3n) is 3.71. The first-order chi connectivity index (χ1) is 12.6. The van der Waals surface area contributed by atoms with Crippen LogP contribution in [0.3, 0.4) is 0 Å². The van der Waals surface area contributed by atoms with Crippen LogP contribution >= 0.6 is 23.2 Å². The van der Waals surface area contributed by atoms with Crippen molar-refractivity contribution < 1.29 is 9.53 Å². The van der Waals surface area contributed by atoms with Crippen molar-refractivity contribution in [2.45, 2.75) is 0 Å². The van der Waals surface area contributed by atoms with Crippen molar-refractivity contribution in [3.8, 4) is 11.6 Å². The van der Waals surface area contributed by atoms with Gasteiger partial charge in [-0.2, -0.15) is 0 Å². The van der Waals surface area contributed by atoms with E-state index < -0.39 is 0 Å². The van der Waals surface area contributed by atoms with Crippen molar-refractivity contribution in [2.75, 3.05) is 0 Å². The number of hydrogen-bond acceptors (Lipinski definition) is 5. The zero-order chi connectivity index (χ0) is 18.1. The van der Waals surface area contributed by atoms with Crippen LogP contribution in [0.15, 0.2) is 55.1 Å². The molecular formula is C18H10Cl2N4O2. The summed E-state index contributed by atoms with van der Waals surface area (Å²) in [6, 6.07) is 10.1. The van der Waals surface area contributed by atoms with Crippen LogP contribution in [0.1, 0.15) is 15.9 Å². The Morgan fingerprint density at radius 1 is 1.04 bits per heavy atom. The number of nitrogens with zero attached hydrogens (tertiary/aromatic N) is 3. The average molecular weight is 385 g/mol. The molecule has 4 aromatic rings. The molecule has 0 amide bonds. The monoisotopic (exact) mass is 384 g/mol. The molecule has 0 saturated heterocycles.